The van der Waals surface area contributed by atoms with Crippen molar-refractivity contribution in [3.63, 3.8) is 0 Å². The molecule has 0 atom stereocenters. The maximum absolute atomic E-state index is 13.0. The topological polar surface area (TPSA) is 79.3 Å². The summed E-state index contributed by atoms with van der Waals surface area (Å²) in [5.41, 5.74) is -0.551. The van der Waals surface area contributed by atoms with Gasteiger partial charge in [-0.15, -0.1) is 11.3 Å². The molecule has 1 heterocycles. The molecule has 0 radical (unpaired) electrons. The first-order chi connectivity index (χ1) is 9.88. The molecule has 2 N–H and O–H groups in total. The van der Waals surface area contributed by atoms with Crippen LogP contribution in [0.2, 0.25) is 0 Å². The van der Waals surface area contributed by atoms with E-state index in [9.17, 15) is 22.8 Å². The first-order valence-corrected chi connectivity index (χ1v) is 6.37. The highest BCUT2D eigenvalue weighted by Gasteiger charge is 2.15. The number of carboxylic acids is 1. The fourth-order valence-electron chi connectivity index (χ4n) is 1.43. The minimum Gasteiger partial charge on any atom is -0.476 e. The molecule has 1 amide bonds. The molecule has 0 unspecified atom stereocenters. The van der Waals surface area contributed by atoms with Gasteiger partial charge in [0, 0.05) is 10.9 Å². The lowest BCUT2D eigenvalue weighted by molar-refractivity contribution is 0.0691. The number of hydrogen-bond acceptors (Lipinski definition) is 4. The molecule has 1 aromatic carbocycles. The zero-order chi connectivity index (χ0) is 15.6. The van der Waals surface area contributed by atoms with Gasteiger partial charge in [0.05, 0.1) is 6.54 Å². The molecular weight excluding hydrogens is 309 g/mol. The second-order valence-corrected chi connectivity index (χ2v) is 4.81. The number of benzene rings is 1. The molecule has 110 valence electrons. The van der Waals surface area contributed by atoms with Crippen molar-refractivity contribution in [1.82, 2.24) is 10.3 Å². The number of thiazole rings is 1. The van der Waals surface area contributed by atoms with Crippen LogP contribution in [0.3, 0.4) is 0 Å². The van der Waals surface area contributed by atoms with Crippen LogP contribution in [-0.2, 0) is 6.54 Å². The van der Waals surface area contributed by atoms with Gasteiger partial charge in [-0.25, -0.2) is 22.9 Å². The Bertz CT molecular complexity index is 695. The molecule has 21 heavy (non-hydrogen) atoms. The molecular formula is C12H7F3N2O3S. The van der Waals surface area contributed by atoms with Gasteiger partial charge in [-0.1, -0.05) is 0 Å². The second kappa shape index (κ2) is 5.92. The van der Waals surface area contributed by atoms with Crippen LogP contribution in [0.4, 0.5) is 13.2 Å². The van der Waals surface area contributed by atoms with Gasteiger partial charge in [-0.3, -0.25) is 4.79 Å². The van der Waals surface area contributed by atoms with E-state index in [1.807, 2.05) is 0 Å². The van der Waals surface area contributed by atoms with Crippen LogP contribution >= 0.6 is 11.3 Å². The summed E-state index contributed by atoms with van der Waals surface area (Å²) >= 11 is 1.01. The van der Waals surface area contributed by atoms with Crippen molar-refractivity contribution in [2.75, 3.05) is 0 Å². The quantitative estimate of drug-likeness (QED) is 0.848. The van der Waals surface area contributed by atoms with Crippen LogP contribution in [0.25, 0.3) is 0 Å². The van der Waals surface area contributed by atoms with Crippen molar-refractivity contribution < 1.29 is 27.9 Å². The van der Waals surface area contributed by atoms with Crippen molar-refractivity contribution in [2.24, 2.45) is 0 Å². The number of aromatic carboxylic acids is 1. The lowest BCUT2D eigenvalue weighted by atomic mass is 10.2. The Balaban J connectivity index is 2.06. The minimum atomic E-state index is -1.66. The molecule has 1 aromatic heterocycles. The number of carbonyl (C=O) groups is 2. The number of halogens is 3. The van der Waals surface area contributed by atoms with Crippen LogP contribution in [-0.4, -0.2) is 22.0 Å². The Morgan fingerprint density at radius 2 is 1.86 bits per heavy atom. The standard InChI is InChI=1S/C12H7F3N2O3S/c13-6-1-5(2-7(14)10(6)15)11(18)16-3-9-17-8(4-21-9)12(19)20/h1-2,4H,3H2,(H,16,18)(H,19,20). The average molecular weight is 316 g/mol. The van der Waals surface area contributed by atoms with Crippen molar-refractivity contribution in [3.05, 3.63) is 51.2 Å². The van der Waals surface area contributed by atoms with Gasteiger partial charge >= 0.3 is 5.97 Å². The van der Waals surface area contributed by atoms with Crippen molar-refractivity contribution in [3.8, 4) is 0 Å². The summed E-state index contributed by atoms with van der Waals surface area (Å²) in [7, 11) is 0. The van der Waals surface area contributed by atoms with Gasteiger partial charge in [-0.2, -0.15) is 0 Å². The SMILES string of the molecule is O=C(NCc1nc(C(=O)O)cs1)c1cc(F)c(F)c(F)c1. The van der Waals surface area contributed by atoms with Gasteiger partial charge in [0.2, 0.25) is 0 Å². The molecule has 0 aliphatic heterocycles. The molecule has 9 heteroatoms. The molecule has 0 aliphatic carbocycles. The monoisotopic (exact) mass is 316 g/mol. The highest BCUT2D eigenvalue weighted by molar-refractivity contribution is 7.09. The molecule has 0 fully saturated rings. The van der Waals surface area contributed by atoms with E-state index in [4.69, 9.17) is 5.11 Å². The number of aromatic nitrogens is 1. The second-order valence-electron chi connectivity index (χ2n) is 3.87. The number of amides is 1. The Labute approximate surface area is 120 Å². The summed E-state index contributed by atoms with van der Waals surface area (Å²) in [6.07, 6.45) is 0. The molecule has 0 spiro atoms. The van der Waals surface area contributed by atoms with Crippen molar-refractivity contribution in [2.45, 2.75) is 6.54 Å². The van der Waals surface area contributed by atoms with E-state index < -0.39 is 29.3 Å². The van der Waals surface area contributed by atoms with Crippen LogP contribution in [0.1, 0.15) is 25.9 Å². The van der Waals surface area contributed by atoms with E-state index in [2.05, 4.69) is 10.3 Å². The van der Waals surface area contributed by atoms with E-state index in [-0.39, 0.29) is 17.8 Å². The van der Waals surface area contributed by atoms with Gasteiger partial charge in [0.25, 0.3) is 5.91 Å². The number of hydrogen-bond donors (Lipinski definition) is 2. The highest BCUT2D eigenvalue weighted by atomic mass is 32.1. The lowest BCUT2D eigenvalue weighted by Crippen LogP contribution is -2.23. The smallest absolute Gasteiger partial charge is 0.355 e. The maximum Gasteiger partial charge on any atom is 0.355 e. The molecule has 0 saturated heterocycles. The van der Waals surface area contributed by atoms with Gasteiger partial charge in [0.1, 0.15) is 5.01 Å². The number of nitrogens with one attached hydrogen (secondary N) is 1. The Morgan fingerprint density at radius 1 is 1.24 bits per heavy atom. The van der Waals surface area contributed by atoms with E-state index in [0.717, 1.165) is 11.3 Å². The third-order valence-corrected chi connectivity index (χ3v) is 3.27. The molecule has 2 rings (SSSR count). The normalized spacial score (nSPS) is 10.4. The van der Waals surface area contributed by atoms with Crippen LogP contribution in [0.5, 0.6) is 0 Å². The van der Waals surface area contributed by atoms with E-state index >= 15 is 0 Å². The van der Waals surface area contributed by atoms with E-state index in [1.165, 1.54) is 5.38 Å². The molecule has 5 nitrogen and oxygen atoms in total. The first-order valence-electron chi connectivity index (χ1n) is 5.49. The van der Waals surface area contributed by atoms with Gasteiger partial charge < -0.3 is 10.4 Å². The summed E-state index contributed by atoms with van der Waals surface area (Å²) < 4.78 is 38.7. The number of carbonyl (C=O) groups excluding carboxylic acids is 1. The average Bonchev–Trinajstić information content (AvgIpc) is 2.90. The largest absolute Gasteiger partial charge is 0.476 e. The molecule has 2 aromatic rings. The van der Waals surface area contributed by atoms with Crippen LogP contribution < -0.4 is 5.32 Å². The lowest BCUT2D eigenvalue weighted by Gasteiger charge is -2.04. The summed E-state index contributed by atoms with van der Waals surface area (Å²) in [6.45, 7) is -0.114. The first kappa shape index (κ1) is 15.0. The van der Waals surface area contributed by atoms with Gasteiger partial charge in [0.15, 0.2) is 23.1 Å². The van der Waals surface area contributed by atoms with Crippen LogP contribution in [0, 0.1) is 17.5 Å². The number of carboxylic acid groups (broad SMARTS) is 1. The molecule has 0 aliphatic rings. The summed E-state index contributed by atoms with van der Waals surface area (Å²) in [5.74, 6) is -6.63. The van der Waals surface area contributed by atoms with Gasteiger partial charge in [-0.05, 0) is 12.1 Å². The Hall–Kier alpha value is -2.42. The van der Waals surface area contributed by atoms with Crippen molar-refractivity contribution >= 4 is 23.2 Å². The fourth-order valence-corrected chi connectivity index (χ4v) is 2.14. The fraction of sp³-hybridized carbons (Fsp3) is 0.0833. The predicted molar refractivity (Wildman–Crippen MR) is 66.6 cm³/mol. The number of nitrogens with zero attached hydrogens (tertiary/aromatic N) is 1. The van der Waals surface area contributed by atoms with E-state index in [1.54, 1.807) is 0 Å². The van der Waals surface area contributed by atoms with Crippen molar-refractivity contribution in [1.29, 1.82) is 0 Å². The third kappa shape index (κ3) is 3.37. The molecule has 0 bridgehead atoms. The maximum atomic E-state index is 13.0. The van der Waals surface area contributed by atoms with Crippen LogP contribution in [0.15, 0.2) is 17.5 Å². The minimum absolute atomic E-state index is 0.114. The summed E-state index contributed by atoms with van der Waals surface area (Å²) in [4.78, 5) is 26.0. The summed E-state index contributed by atoms with van der Waals surface area (Å²) in [6, 6.07) is 1.14. The molecule has 0 saturated carbocycles. The van der Waals surface area contributed by atoms with E-state index in [0.29, 0.717) is 17.1 Å². The highest BCUT2D eigenvalue weighted by Crippen LogP contribution is 2.14. The predicted octanol–water partition coefficient (Wildman–Crippen LogP) is 2.19. The third-order valence-electron chi connectivity index (χ3n) is 2.42. The zero-order valence-corrected chi connectivity index (χ0v) is 11.0. The Morgan fingerprint density at radius 3 is 2.38 bits per heavy atom. The zero-order valence-electron chi connectivity index (χ0n) is 10.2. The number of rotatable bonds is 4. The Kier molecular flexibility index (Phi) is 4.22. The summed E-state index contributed by atoms with van der Waals surface area (Å²) in [5, 5.41) is 12.6.